The van der Waals surface area contributed by atoms with E-state index in [1.54, 1.807) is 34.6 Å². The molecule has 1 aliphatic heterocycles. The molecule has 0 saturated carbocycles. The van der Waals surface area contributed by atoms with Gasteiger partial charge in [-0.3, -0.25) is 24.3 Å². The average molecular weight is 546 g/mol. The fourth-order valence-electron chi connectivity index (χ4n) is 3.34. The fourth-order valence-corrected chi connectivity index (χ4v) is 3.50. The molecular formula is C21H35Cl3N4O6. The number of hydrogen-bond donors (Lipinski definition) is 2. The van der Waals surface area contributed by atoms with E-state index in [-0.39, 0.29) is 5.92 Å². The SMILES string of the molecule is CC(C)C(C(=O)N[C@@H](C)C(=O)N1CCC[C@@H](C(=O)OCC(Cl)(Cl)Cl)N1)N(C)C(=O)OC(C)(C)C. The molecule has 34 heavy (non-hydrogen) atoms. The molecule has 196 valence electrons. The second-order valence-corrected chi connectivity index (χ2v) is 12.1. The molecule has 1 rings (SSSR count). The van der Waals surface area contributed by atoms with Crippen LogP contribution in [-0.2, 0) is 23.9 Å². The second-order valence-electron chi connectivity index (χ2n) is 9.55. The summed E-state index contributed by atoms with van der Waals surface area (Å²) >= 11 is 16.8. The third-order valence-corrected chi connectivity index (χ3v) is 5.17. The number of carbonyl (C=O) groups is 4. The van der Waals surface area contributed by atoms with E-state index < -0.39 is 58.0 Å². The molecule has 2 N–H and O–H groups in total. The minimum atomic E-state index is -1.74. The molecule has 3 atom stereocenters. The van der Waals surface area contributed by atoms with Crippen molar-refractivity contribution in [3.05, 3.63) is 0 Å². The van der Waals surface area contributed by atoms with E-state index in [4.69, 9.17) is 44.3 Å². The number of halogens is 3. The van der Waals surface area contributed by atoms with E-state index in [9.17, 15) is 19.2 Å². The highest BCUT2D eigenvalue weighted by Crippen LogP contribution is 2.26. The summed E-state index contributed by atoms with van der Waals surface area (Å²) in [7, 11) is 1.48. The molecule has 1 saturated heterocycles. The fraction of sp³-hybridized carbons (Fsp3) is 0.810. The van der Waals surface area contributed by atoms with Gasteiger partial charge in [0.05, 0.1) is 0 Å². The van der Waals surface area contributed by atoms with Gasteiger partial charge in [0.1, 0.15) is 30.3 Å². The number of likely N-dealkylation sites (N-methyl/N-ethyl adjacent to an activating group) is 1. The molecule has 1 fully saturated rings. The second kappa shape index (κ2) is 12.5. The Kier molecular flexibility index (Phi) is 11.2. The summed E-state index contributed by atoms with van der Waals surface area (Å²) in [6.45, 7) is 10.2. The van der Waals surface area contributed by atoms with Crippen LogP contribution in [0.3, 0.4) is 0 Å². The molecule has 10 nitrogen and oxygen atoms in total. The van der Waals surface area contributed by atoms with Crippen LogP contribution in [0.2, 0.25) is 0 Å². The Morgan fingerprint density at radius 3 is 2.24 bits per heavy atom. The maximum Gasteiger partial charge on any atom is 0.410 e. The number of carbonyl (C=O) groups excluding carboxylic acids is 4. The van der Waals surface area contributed by atoms with Gasteiger partial charge in [0, 0.05) is 13.6 Å². The predicted molar refractivity (Wildman–Crippen MR) is 129 cm³/mol. The molecule has 1 aliphatic rings. The largest absolute Gasteiger partial charge is 0.460 e. The van der Waals surface area contributed by atoms with Crippen molar-refractivity contribution >= 4 is 58.7 Å². The van der Waals surface area contributed by atoms with Crippen LogP contribution >= 0.6 is 34.8 Å². The summed E-state index contributed by atoms with van der Waals surface area (Å²) in [5.74, 6) is -1.85. The van der Waals surface area contributed by atoms with Crippen LogP contribution in [0, 0.1) is 5.92 Å². The van der Waals surface area contributed by atoms with Crippen molar-refractivity contribution in [3.63, 3.8) is 0 Å². The number of amides is 3. The number of esters is 1. The maximum atomic E-state index is 13.0. The first kappa shape index (κ1) is 30.5. The molecule has 0 spiro atoms. The molecule has 0 aliphatic carbocycles. The molecule has 3 amide bonds. The van der Waals surface area contributed by atoms with Crippen LogP contribution in [0.15, 0.2) is 0 Å². The number of hydrogen-bond acceptors (Lipinski definition) is 7. The summed E-state index contributed by atoms with van der Waals surface area (Å²) in [5, 5.41) is 3.92. The van der Waals surface area contributed by atoms with E-state index in [0.717, 1.165) is 0 Å². The topological polar surface area (TPSA) is 117 Å². The summed E-state index contributed by atoms with van der Waals surface area (Å²) in [4.78, 5) is 51.8. The Balaban J connectivity index is 2.78. The highest BCUT2D eigenvalue weighted by Gasteiger charge is 2.36. The molecular weight excluding hydrogens is 511 g/mol. The third-order valence-electron chi connectivity index (χ3n) is 4.84. The van der Waals surface area contributed by atoms with E-state index in [1.165, 1.54) is 23.9 Å². The van der Waals surface area contributed by atoms with Gasteiger partial charge in [-0.05, 0) is 46.5 Å². The average Bonchev–Trinajstić information content (AvgIpc) is 2.69. The van der Waals surface area contributed by atoms with Crippen LogP contribution in [0.1, 0.15) is 54.4 Å². The third kappa shape index (κ3) is 10.0. The van der Waals surface area contributed by atoms with E-state index in [1.807, 2.05) is 0 Å². The first-order valence-corrected chi connectivity index (χ1v) is 12.1. The lowest BCUT2D eigenvalue weighted by atomic mass is 10.0. The number of hydrazine groups is 1. The van der Waals surface area contributed by atoms with Crippen molar-refractivity contribution in [1.82, 2.24) is 20.7 Å². The highest BCUT2D eigenvalue weighted by molar-refractivity contribution is 6.67. The predicted octanol–water partition coefficient (Wildman–Crippen LogP) is 2.79. The van der Waals surface area contributed by atoms with Gasteiger partial charge in [-0.1, -0.05) is 48.7 Å². The molecule has 0 aromatic heterocycles. The van der Waals surface area contributed by atoms with Crippen LogP contribution in [0.5, 0.6) is 0 Å². The molecule has 0 aromatic rings. The summed E-state index contributed by atoms with van der Waals surface area (Å²) in [5.41, 5.74) is 2.09. The number of nitrogens with one attached hydrogen (secondary N) is 2. The minimum absolute atomic E-state index is 0.245. The van der Waals surface area contributed by atoms with Gasteiger partial charge in [0.15, 0.2) is 0 Å². The Morgan fingerprint density at radius 2 is 1.74 bits per heavy atom. The first-order chi connectivity index (χ1) is 15.4. The molecule has 0 radical (unpaired) electrons. The standard InChI is InChI=1S/C21H35Cl3N4O6/c1-12(2)15(27(7)19(32)34-20(4,5)6)16(29)25-13(3)17(30)28-10-8-9-14(26-28)18(31)33-11-21(22,23)24/h12-15,26H,8-11H2,1-7H3,(H,25,29)/t13-,14-,15?/m0/s1. The van der Waals surface area contributed by atoms with Crippen molar-refractivity contribution in [2.75, 3.05) is 20.2 Å². The molecule has 13 heteroatoms. The monoisotopic (exact) mass is 544 g/mol. The molecule has 1 unspecified atom stereocenters. The Morgan fingerprint density at radius 1 is 1.15 bits per heavy atom. The van der Waals surface area contributed by atoms with Gasteiger partial charge in [-0.2, -0.15) is 0 Å². The van der Waals surface area contributed by atoms with Gasteiger partial charge in [0.25, 0.3) is 5.91 Å². The lowest BCUT2D eigenvalue weighted by Crippen LogP contribution is -2.61. The number of rotatable bonds is 7. The Labute approximate surface area is 215 Å². The van der Waals surface area contributed by atoms with Crippen molar-refractivity contribution in [2.45, 2.75) is 81.9 Å². The smallest absolute Gasteiger partial charge is 0.410 e. The summed E-state index contributed by atoms with van der Waals surface area (Å²) < 4.78 is 8.60. The molecule has 1 heterocycles. The van der Waals surface area contributed by atoms with Crippen molar-refractivity contribution in [1.29, 1.82) is 0 Å². The number of nitrogens with zero attached hydrogens (tertiary/aromatic N) is 2. The van der Waals surface area contributed by atoms with Crippen molar-refractivity contribution < 1.29 is 28.7 Å². The van der Waals surface area contributed by atoms with Crippen LogP contribution < -0.4 is 10.7 Å². The van der Waals surface area contributed by atoms with Crippen LogP contribution in [-0.4, -0.2) is 81.5 Å². The minimum Gasteiger partial charge on any atom is -0.460 e. The Bertz CT molecular complexity index is 754. The van der Waals surface area contributed by atoms with E-state index in [0.29, 0.717) is 19.4 Å². The van der Waals surface area contributed by atoms with Gasteiger partial charge in [-0.25, -0.2) is 10.2 Å². The molecule has 0 bridgehead atoms. The van der Waals surface area contributed by atoms with Crippen LogP contribution in [0.25, 0.3) is 0 Å². The number of alkyl halides is 3. The summed E-state index contributed by atoms with van der Waals surface area (Å²) in [6, 6.07) is -2.58. The lowest BCUT2D eigenvalue weighted by molar-refractivity contribution is -0.153. The number of ether oxygens (including phenoxy) is 2. The van der Waals surface area contributed by atoms with Gasteiger partial charge < -0.3 is 14.8 Å². The quantitative estimate of drug-likeness (QED) is 0.373. The van der Waals surface area contributed by atoms with Gasteiger partial charge >= 0.3 is 12.1 Å². The normalized spacial score (nSPS) is 18.7. The zero-order chi connectivity index (χ0) is 26.4. The zero-order valence-electron chi connectivity index (χ0n) is 20.6. The van der Waals surface area contributed by atoms with Crippen molar-refractivity contribution in [3.8, 4) is 0 Å². The zero-order valence-corrected chi connectivity index (χ0v) is 22.9. The molecule has 0 aromatic carbocycles. The maximum absolute atomic E-state index is 13.0. The Hall–Kier alpha value is -1.49. The van der Waals surface area contributed by atoms with Gasteiger partial charge in [-0.15, -0.1) is 0 Å². The lowest BCUT2D eigenvalue weighted by Gasteiger charge is -2.35. The van der Waals surface area contributed by atoms with Gasteiger partial charge in [0.2, 0.25) is 9.70 Å². The summed E-state index contributed by atoms with van der Waals surface area (Å²) in [6.07, 6.45) is 0.316. The van der Waals surface area contributed by atoms with Crippen LogP contribution in [0.4, 0.5) is 4.79 Å². The van der Waals surface area contributed by atoms with E-state index >= 15 is 0 Å². The van der Waals surface area contributed by atoms with Crippen molar-refractivity contribution in [2.24, 2.45) is 5.92 Å². The van der Waals surface area contributed by atoms with E-state index in [2.05, 4.69) is 10.7 Å². The highest BCUT2D eigenvalue weighted by atomic mass is 35.6. The first-order valence-electron chi connectivity index (χ1n) is 11.0.